The van der Waals surface area contributed by atoms with Crippen LogP contribution in [0.1, 0.15) is 17.5 Å². The maximum Gasteiger partial charge on any atom is 0.230 e. The summed E-state index contributed by atoms with van der Waals surface area (Å²) in [5, 5.41) is 6.06. The van der Waals surface area contributed by atoms with Crippen LogP contribution in [0.25, 0.3) is 0 Å². The number of rotatable bonds is 3. The summed E-state index contributed by atoms with van der Waals surface area (Å²) >= 11 is 1.61. The highest BCUT2D eigenvalue weighted by Crippen LogP contribution is 2.31. The van der Waals surface area contributed by atoms with Crippen molar-refractivity contribution in [1.29, 1.82) is 0 Å². The molecule has 104 valence electrons. The quantitative estimate of drug-likeness (QED) is 0.929. The largest absolute Gasteiger partial charge is 0.326 e. The summed E-state index contributed by atoms with van der Waals surface area (Å²) < 4.78 is 0. The van der Waals surface area contributed by atoms with E-state index in [9.17, 15) is 4.79 Å². The van der Waals surface area contributed by atoms with Gasteiger partial charge in [0, 0.05) is 17.9 Å². The summed E-state index contributed by atoms with van der Waals surface area (Å²) in [5.74, 6) is 0.0266. The van der Waals surface area contributed by atoms with Crippen LogP contribution in [-0.2, 0) is 4.79 Å². The number of hydrogen-bond acceptors (Lipinski definition) is 4. The average molecular weight is 287 g/mol. The van der Waals surface area contributed by atoms with Gasteiger partial charge >= 0.3 is 0 Å². The SMILES string of the molecule is Cc1cccc(NC(=O)CC2=CSC3=NCCN23)c1C. The number of nitrogens with zero attached hydrogens (tertiary/aromatic N) is 2. The Morgan fingerprint density at radius 1 is 1.45 bits per heavy atom. The number of anilines is 1. The minimum Gasteiger partial charge on any atom is -0.326 e. The van der Waals surface area contributed by atoms with Crippen molar-refractivity contribution in [3.63, 3.8) is 0 Å². The molecule has 0 radical (unpaired) electrons. The van der Waals surface area contributed by atoms with Gasteiger partial charge in [0.2, 0.25) is 5.91 Å². The first kappa shape index (κ1) is 13.2. The lowest BCUT2D eigenvalue weighted by molar-refractivity contribution is -0.115. The molecule has 2 aliphatic rings. The van der Waals surface area contributed by atoms with Gasteiger partial charge in [-0.15, -0.1) is 0 Å². The van der Waals surface area contributed by atoms with Gasteiger partial charge in [-0.05, 0) is 36.4 Å². The Kier molecular flexibility index (Phi) is 3.53. The zero-order valence-corrected chi connectivity index (χ0v) is 12.5. The Balaban J connectivity index is 1.66. The molecule has 4 nitrogen and oxygen atoms in total. The second-order valence-electron chi connectivity index (χ2n) is 5.02. The third-order valence-electron chi connectivity index (χ3n) is 3.67. The molecule has 0 aromatic heterocycles. The van der Waals surface area contributed by atoms with Crippen molar-refractivity contribution in [2.45, 2.75) is 20.3 Å². The summed E-state index contributed by atoms with van der Waals surface area (Å²) in [6, 6.07) is 5.96. The molecule has 20 heavy (non-hydrogen) atoms. The highest BCUT2D eigenvalue weighted by atomic mass is 32.2. The van der Waals surface area contributed by atoms with E-state index in [4.69, 9.17) is 0 Å². The number of carbonyl (C=O) groups excluding carboxylic acids is 1. The molecule has 0 atom stereocenters. The van der Waals surface area contributed by atoms with E-state index in [2.05, 4.69) is 15.2 Å². The van der Waals surface area contributed by atoms with Crippen LogP contribution in [0.3, 0.4) is 0 Å². The van der Waals surface area contributed by atoms with Crippen molar-refractivity contribution in [3.8, 4) is 0 Å². The molecule has 1 aromatic rings. The smallest absolute Gasteiger partial charge is 0.230 e. The lowest BCUT2D eigenvalue weighted by atomic mass is 10.1. The molecule has 0 saturated heterocycles. The van der Waals surface area contributed by atoms with Gasteiger partial charge in [-0.1, -0.05) is 23.9 Å². The summed E-state index contributed by atoms with van der Waals surface area (Å²) in [5.41, 5.74) is 4.26. The van der Waals surface area contributed by atoms with Gasteiger partial charge in [0.15, 0.2) is 5.17 Å². The molecule has 0 saturated carbocycles. The fourth-order valence-electron chi connectivity index (χ4n) is 2.36. The second-order valence-corrected chi connectivity index (χ2v) is 5.85. The molecule has 0 bridgehead atoms. The van der Waals surface area contributed by atoms with Crippen LogP contribution in [0, 0.1) is 13.8 Å². The van der Waals surface area contributed by atoms with Crippen LogP contribution in [0.2, 0.25) is 0 Å². The molecule has 0 fully saturated rings. The van der Waals surface area contributed by atoms with Crippen LogP contribution in [0.5, 0.6) is 0 Å². The number of nitrogens with one attached hydrogen (secondary N) is 1. The maximum absolute atomic E-state index is 12.2. The predicted molar refractivity (Wildman–Crippen MR) is 83.8 cm³/mol. The number of hydrogen-bond donors (Lipinski definition) is 1. The van der Waals surface area contributed by atoms with E-state index in [1.807, 2.05) is 37.5 Å². The number of thioether (sulfide) groups is 1. The number of benzene rings is 1. The van der Waals surface area contributed by atoms with Crippen LogP contribution >= 0.6 is 11.8 Å². The Bertz CT molecular complexity index is 622. The molecule has 1 amide bonds. The van der Waals surface area contributed by atoms with Gasteiger partial charge < -0.3 is 10.2 Å². The van der Waals surface area contributed by atoms with Gasteiger partial charge in [0.05, 0.1) is 13.0 Å². The van der Waals surface area contributed by atoms with E-state index in [0.29, 0.717) is 6.42 Å². The van der Waals surface area contributed by atoms with Crippen molar-refractivity contribution in [1.82, 2.24) is 4.90 Å². The molecule has 2 aliphatic heterocycles. The first-order valence-corrected chi connectivity index (χ1v) is 7.57. The summed E-state index contributed by atoms with van der Waals surface area (Å²) in [7, 11) is 0. The van der Waals surface area contributed by atoms with Gasteiger partial charge in [-0.2, -0.15) is 0 Å². The summed E-state index contributed by atoms with van der Waals surface area (Å²) in [6.07, 6.45) is 0.402. The van der Waals surface area contributed by atoms with Crippen molar-refractivity contribution in [2.24, 2.45) is 4.99 Å². The number of fused-ring (bicyclic) bond motifs is 1. The Labute approximate surface area is 123 Å². The molecule has 0 unspecified atom stereocenters. The molecular weight excluding hydrogens is 270 g/mol. The number of aryl methyl sites for hydroxylation is 1. The number of carbonyl (C=O) groups is 1. The van der Waals surface area contributed by atoms with E-state index < -0.39 is 0 Å². The van der Waals surface area contributed by atoms with Crippen LogP contribution in [0.15, 0.2) is 34.3 Å². The third-order valence-corrected chi connectivity index (χ3v) is 4.62. The van der Waals surface area contributed by atoms with Crippen molar-refractivity contribution in [2.75, 3.05) is 18.4 Å². The second kappa shape index (κ2) is 5.32. The van der Waals surface area contributed by atoms with Crippen molar-refractivity contribution in [3.05, 3.63) is 40.4 Å². The Hall–Kier alpha value is -1.75. The number of aliphatic imine (C=N–C) groups is 1. The molecule has 1 N–H and O–H groups in total. The van der Waals surface area contributed by atoms with E-state index in [1.54, 1.807) is 11.8 Å². The molecular formula is C15H17N3OS. The Morgan fingerprint density at radius 3 is 3.15 bits per heavy atom. The van der Waals surface area contributed by atoms with E-state index in [1.165, 1.54) is 5.56 Å². The highest BCUT2D eigenvalue weighted by molar-refractivity contribution is 8.16. The highest BCUT2D eigenvalue weighted by Gasteiger charge is 2.27. The Morgan fingerprint density at radius 2 is 2.30 bits per heavy atom. The predicted octanol–water partition coefficient (Wildman–Crippen LogP) is 2.89. The van der Waals surface area contributed by atoms with Gasteiger partial charge in [0.25, 0.3) is 0 Å². The van der Waals surface area contributed by atoms with E-state index in [0.717, 1.165) is 35.2 Å². The van der Waals surface area contributed by atoms with Crippen LogP contribution in [0.4, 0.5) is 5.69 Å². The van der Waals surface area contributed by atoms with Gasteiger partial charge in [-0.3, -0.25) is 9.79 Å². The first-order valence-electron chi connectivity index (χ1n) is 6.69. The topological polar surface area (TPSA) is 44.7 Å². The van der Waals surface area contributed by atoms with Gasteiger partial charge in [-0.25, -0.2) is 0 Å². The summed E-state index contributed by atoms with van der Waals surface area (Å²) in [6.45, 7) is 5.80. The first-order chi connectivity index (χ1) is 9.65. The minimum atomic E-state index is 0.0266. The normalized spacial score (nSPS) is 16.8. The number of amidine groups is 1. The monoisotopic (exact) mass is 287 g/mol. The lowest BCUT2D eigenvalue weighted by Gasteiger charge is -2.16. The maximum atomic E-state index is 12.2. The molecule has 2 heterocycles. The fourth-order valence-corrected chi connectivity index (χ4v) is 3.31. The standard InChI is InChI=1S/C15H17N3OS/c1-10-4-3-5-13(11(10)2)17-14(19)8-12-9-20-15-16-6-7-18(12)15/h3-5,9H,6-8H2,1-2H3,(H,17,19). The van der Waals surface area contributed by atoms with Gasteiger partial charge in [0.1, 0.15) is 0 Å². The lowest BCUT2D eigenvalue weighted by Crippen LogP contribution is -2.24. The van der Waals surface area contributed by atoms with Crippen molar-refractivity contribution < 1.29 is 4.79 Å². The molecule has 0 spiro atoms. The molecule has 0 aliphatic carbocycles. The van der Waals surface area contributed by atoms with Crippen LogP contribution in [-0.4, -0.2) is 29.1 Å². The van der Waals surface area contributed by atoms with Crippen molar-refractivity contribution >= 4 is 28.5 Å². The number of amides is 1. The fraction of sp³-hybridized carbons (Fsp3) is 0.333. The molecule has 5 heteroatoms. The minimum absolute atomic E-state index is 0.0266. The molecule has 3 rings (SSSR count). The third kappa shape index (κ3) is 2.45. The van der Waals surface area contributed by atoms with E-state index >= 15 is 0 Å². The van der Waals surface area contributed by atoms with Crippen LogP contribution < -0.4 is 5.32 Å². The zero-order chi connectivity index (χ0) is 14.1. The summed E-state index contributed by atoms with van der Waals surface area (Å²) in [4.78, 5) is 18.7. The zero-order valence-electron chi connectivity index (χ0n) is 11.6. The average Bonchev–Trinajstić information content (AvgIpc) is 3.00. The van der Waals surface area contributed by atoms with E-state index in [-0.39, 0.29) is 5.91 Å². The molecule has 1 aromatic carbocycles.